The molecule has 4 rings (SSSR count). The van der Waals surface area contributed by atoms with Gasteiger partial charge < -0.3 is 0 Å². The summed E-state index contributed by atoms with van der Waals surface area (Å²) in [6.45, 7) is 0. The highest BCUT2D eigenvalue weighted by Crippen LogP contribution is 2.30. The van der Waals surface area contributed by atoms with E-state index < -0.39 is 0 Å². The van der Waals surface area contributed by atoms with Crippen LogP contribution >= 0.6 is 27.3 Å². The zero-order valence-corrected chi connectivity index (χ0v) is 14.1. The zero-order chi connectivity index (χ0) is 14.9. The van der Waals surface area contributed by atoms with Crippen molar-refractivity contribution in [2.24, 2.45) is 0 Å². The quantitative estimate of drug-likeness (QED) is 0.401. The number of hydrogen-bond donors (Lipinski definition) is 0. The van der Waals surface area contributed by atoms with E-state index in [1.54, 1.807) is 11.3 Å². The van der Waals surface area contributed by atoms with Crippen molar-refractivity contribution >= 4 is 60.4 Å². The Morgan fingerprint density at radius 3 is 2.73 bits per heavy atom. The molecule has 0 unspecified atom stereocenters. The standard InChI is InChI=1S/C19H12BrNS/c20-15-6-3-4-13(12-15)8-11-18-21-19-16-7-2-1-5-14(16)9-10-17(19)22-18/h1-12H. The van der Waals surface area contributed by atoms with Crippen LogP contribution in [0.5, 0.6) is 0 Å². The Bertz CT molecular complexity index is 1000. The minimum absolute atomic E-state index is 1.03. The molecular weight excluding hydrogens is 354 g/mol. The molecule has 0 aliphatic carbocycles. The van der Waals surface area contributed by atoms with Crippen LogP contribution < -0.4 is 0 Å². The molecule has 3 heteroatoms. The molecule has 1 heterocycles. The fourth-order valence-electron chi connectivity index (χ4n) is 2.53. The van der Waals surface area contributed by atoms with E-state index >= 15 is 0 Å². The average molecular weight is 366 g/mol. The molecule has 3 aromatic carbocycles. The van der Waals surface area contributed by atoms with Crippen molar-refractivity contribution in [2.45, 2.75) is 0 Å². The lowest BCUT2D eigenvalue weighted by Crippen LogP contribution is -1.75. The molecule has 0 atom stereocenters. The van der Waals surface area contributed by atoms with Crippen LogP contribution in [0.1, 0.15) is 10.6 Å². The van der Waals surface area contributed by atoms with Crippen LogP contribution in [0, 0.1) is 0 Å². The van der Waals surface area contributed by atoms with Gasteiger partial charge in [0.1, 0.15) is 5.01 Å². The van der Waals surface area contributed by atoms with E-state index in [0.29, 0.717) is 0 Å². The van der Waals surface area contributed by atoms with Gasteiger partial charge in [0.2, 0.25) is 0 Å². The summed E-state index contributed by atoms with van der Waals surface area (Å²) < 4.78 is 2.32. The van der Waals surface area contributed by atoms with Crippen LogP contribution in [0.4, 0.5) is 0 Å². The first kappa shape index (κ1) is 13.7. The smallest absolute Gasteiger partial charge is 0.117 e. The van der Waals surface area contributed by atoms with E-state index in [2.05, 4.69) is 76.6 Å². The van der Waals surface area contributed by atoms with Crippen molar-refractivity contribution < 1.29 is 0 Å². The molecular formula is C19H12BrNS. The maximum Gasteiger partial charge on any atom is 0.117 e. The molecule has 0 N–H and O–H groups in total. The third-order valence-electron chi connectivity index (χ3n) is 3.57. The van der Waals surface area contributed by atoms with Gasteiger partial charge in [-0.2, -0.15) is 0 Å². The van der Waals surface area contributed by atoms with Crippen LogP contribution in [0.25, 0.3) is 33.1 Å². The minimum Gasteiger partial charge on any atom is -0.236 e. The molecule has 0 saturated carbocycles. The first-order valence-corrected chi connectivity index (χ1v) is 8.62. The summed E-state index contributed by atoms with van der Waals surface area (Å²) in [5.74, 6) is 0. The van der Waals surface area contributed by atoms with Gasteiger partial charge in [-0.05, 0) is 35.2 Å². The Labute approximate surface area is 141 Å². The second kappa shape index (κ2) is 5.67. The SMILES string of the molecule is Brc1cccc(C=Cc2nc3c(ccc4ccccc43)s2)c1. The van der Waals surface area contributed by atoms with Crippen LogP contribution in [0.2, 0.25) is 0 Å². The monoisotopic (exact) mass is 365 g/mol. The zero-order valence-electron chi connectivity index (χ0n) is 11.7. The number of thiazole rings is 1. The second-order valence-electron chi connectivity index (χ2n) is 5.07. The molecule has 0 saturated heterocycles. The number of nitrogens with zero attached hydrogens (tertiary/aromatic N) is 1. The predicted octanol–water partition coefficient (Wildman–Crippen LogP) is 6.38. The molecule has 0 fully saturated rings. The van der Waals surface area contributed by atoms with Gasteiger partial charge in [0.15, 0.2) is 0 Å². The van der Waals surface area contributed by atoms with E-state index in [1.165, 1.54) is 21.0 Å². The molecule has 1 aromatic heterocycles. The summed E-state index contributed by atoms with van der Waals surface area (Å²) >= 11 is 5.22. The number of benzene rings is 3. The average Bonchev–Trinajstić information content (AvgIpc) is 2.97. The molecule has 0 amide bonds. The van der Waals surface area contributed by atoms with E-state index in [-0.39, 0.29) is 0 Å². The highest BCUT2D eigenvalue weighted by molar-refractivity contribution is 9.10. The Morgan fingerprint density at radius 1 is 0.909 bits per heavy atom. The summed E-state index contributed by atoms with van der Waals surface area (Å²) in [6, 6.07) is 21.0. The van der Waals surface area contributed by atoms with Gasteiger partial charge in [-0.15, -0.1) is 11.3 Å². The van der Waals surface area contributed by atoms with Crippen LogP contribution in [-0.4, -0.2) is 4.98 Å². The van der Waals surface area contributed by atoms with E-state index in [1.807, 2.05) is 12.1 Å². The number of hydrogen-bond acceptors (Lipinski definition) is 2. The van der Waals surface area contributed by atoms with Gasteiger partial charge in [-0.1, -0.05) is 64.5 Å². The fraction of sp³-hybridized carbons (Fsp3) is 0. The summed E-state index contributed by atoms with van der Waals surface area (Å²) in [5, 5.41) is 3.49. The van der Waals surface area contributed by atoms with E-state index in [0.717, 1.165) is 15.0 Å². The van der Waals surface area contributed by atoms with Gasteiger partial charge in [-0.3, -0.25) is 0 Å². The van der Waals surface area contributed by atoms with E-state index in [9.17, 15) is 0 Å². The van der Waals surface area contributed by atoms with Gasteiger partial charge in [0.25, 0.3) is 0 Å². The third-order valence-corrected chi connectivity index (χ3v) is 5.05. The number of fused-ring (bicyclic) bond motifs is 3. The lowest BCUT2D eigenvalue weighted by atomic mass is 10.1. The van der Waals surface area contributed by atoms with Crippen molar-refractivity contribution in [1.29, 1.82) is 0 Å². The Morgan fingerprint density at radius 2 is 1.82 bits per heavy atom. The van der Waals surface area contributed by atoms with Crippen molar-refractivity contribution in [3.63, 3.8) is 0 Å². The molecule has 106 valence electrons. The maximum absolute atomic E-state index is 4.80. The molecule has 0 aliphatic rings. The van der Waals surface area contributed by atoms with Crippen molar-refractivity contribution in [3.05, 3.63) is 75.7 Å². The minimum atomic E-state index is 1.03. The second-order valence-corrected chi connectivity index (χ2v) is 7.05. The summed E-state index contributed by atoms with van der Waals surface area (Å²) in [4.78, 5) is 4.80. The highest BCUT2D eigenvalue weighted by Gasteiger charge is 2.05. The molecule has 22 heavy (non-hydrogen) atoms. The molecule has 0 radical (unpaired) electrons. The third kappa shape index (κ3) is 2.58. The maximum atomic E-state index is 4.80. The summed E-state index contributed by atoms with van der Waals surface area (Å²) in [7, 11) is 0. The number of aromatic nitrogens is 1. The van der Waals surface area contributed by atoms with Gasteiger partial charge in [-0.25, -0.2) is 4.98 Å². The van der Waals surface area contributed by atoms with Gasteiger partial charge >= 0.3 is 0 Å². The number of rotatable bonds is 2. The topological polar surface area (TPSA) is 12.9 Å². The fourth-order valence-corrected chi connectivity index (χ4v) is 3.83. The lowest BCUT2D eigenvalue weighted by Gasteiger charge is -1.96. The van der Waals surface area contributed by atoms with E-state index in [4.69, 9.17) is 4.98 Å². The Kier molecular flexibility index (Phi) is 3.53. The van der Waals surface area contributed by atoms with Crippen molar-refractivity contribution in [3.8, 4) is 0 Å². The molecule has 0 bridgehead atoms. The first-order chi connectivity index (χ1) is 10.8. The normalized spacial score (nSPS) is 11.7. The number of halogens is 1. The Balaban J connectivity index is 1.78. The first-order valence-electron chi connectivity index (χ1n) is 7.01. The highest BCUT2D eigenvalue weighted by atomic mass is 79.9. The van der Waals surface area contributed by atoms with Gasteiger partial charge in [0.05, 0.1) is 10.2 Å². The van der Waals surface area contributed by atoms with Gasteiger partial charge in [0, 0.05) is 9.86 Å². The van der Waals surface area contributed by atoms with Crippen LogP contribution in [-0.2, 0) is 0 Å². The molecule has 4 aromatic rings. The lowest BCUT2D eigenvalue weighted by molar-refractivity contribution is 1.48. The van der Waals surface area contributed by atoms with Crippen molar-refractivity contribution in [1.82, 2.24) is 4.98 Å². The molecule has 1 nitrogen and oxygen atoms in total. The summed E-state index contributed by atoms with van der Waals surface area (Å²) in [5.41, 5.74) is 2.26. The van der Waals surface area contributed by atoms with Crippen LogP contribution in [0.15, 0.2) is 65.1 Å². The molecule has 0 spiro atoms. The van der Waals surface area contributed by atoms with Crippen molar-refractivity contribution in [2.75, 3.05) is 0 Å². The Hall–Kier alpha value is -1.97. The largest absolute Gasteiger partial charge is 0.236 e. The van der Waals surface area contributed by atoms with Crippen LogP contribution in [0.3, 0.4) is 0 Å². The summed E-state index contributed by atoms with van der Waals surface area (Å²) in [6.07, 6.45) is 4.19. The predicted molar refractivity (Wildman–Crippen MR) is 100 cm³/mol. The molecule has 0 aliphatic heterocycles.